The molecule has 2 aromatic rings. The number of aromatic carboxylic acids is 1. The molecule has 7 heteroatoms. The van der Waals surface area contributed by atoms with Gasteiger partial charge in [0.25, 0.3) is 0 Å². The second-order valence-electron chi connectivity index (χ2n) is 6.42. The summed E-state index contributed by atoms with van der Waals surface area (Å²) in [5.41, 5.74) is 0.199. The molecule has 0 heterocycles. The molecule has 0 aliphatic heterocycles. The van der Waals surface area contributed by atoms with Gasteiger partial charge in [-0.1, -0.05) is 0 Å². The van der Waals surface area contributed by atoms with Crippen LogP contribution in [0, 0.1) is 0 Å². The molecule has 0 saturated heterocycles. The molecule has 0 unspecified atom stereocenters. The minimum Gasteiger partial charge on any atom is -0.478 e. The molecular weight excluding hydrogens is 338 g/mol. The first-order chi connectivity index (χ1) is 12.1. The lowest BCUT2D eigenvalue weighted by atomic mass is 10.1. The molecule has 0 aromatic heterocycles. The Labute approximate surface area is 150 Å². The van der Waals surface area contributed by atoms with E-state index in [2.05, 4.69) is 5.32 Å². The SMILES string of the molecule is CC(C)(C)OC(=O)Nc1ccc(OC(=O)c2ccc(C(=O)O)cc2)cc1. The fourth-order valence-corrected chi connectivity index (χ4v) is 1.94. The van der Waals surface area contributed by atoms with Crippen LogP contribution in [0.25, 0.3) is 0 Å². The fraction of sp³-hybridized carbons (Fsp3) is 0.211. The van der Waals surface area contributed by atoms with E-state index in [-0.39, 0.29) is 16.9 Å². The van der Waals surface area contributed by atoms with Gasteiger partial charge < -0.3 is 14.6 Å². The van der Waals surface area contributed by atoms with Crippen molar-refractivity contribution in [3.05, 3.63) is 59.7 Å². The van der Waals surface area contributed by atoms with Crippen LogP contribution in [0.3, 0.4) is 0 Å². The van der Waals surface area contributed by atoms with Crippen LogP contribution in [-0.4, -0.2) is 28.7 Å². The summed E-state index contributed by atoms with van der Waals surface area (Å²) in [6.07, 6.45) is -0.583. The number of benzene rings is 2. The molecule has 0 atom stereocenters. The lowest BCUT2D eigenvalue weighted by Gasteiger charge is -2.19. The van der Waals surface area contributed by atoms with Gasteiger partial charge in [-0.15, -0.1) is 0 Å². The third-order valence-electron chi connectivity index (χ3n) is 3.08. The van der Waals surface area contributed by atoms with Crippen LogP contribution in [-0.2, 0) is 4.74 Å². The van der Waals surface area contributed by atoms with Crippen LogP contribution < -0.4 is 10.1 Å². The largest absolute Gasteiger partial charge is 0.478 e. The lowest BCUT2D eigenvalue weighted by molar-refractivity contribution is 0.0633. The third-order valence-corrected chi connectivity index (χ3v) is 3.08. The quantitative estimate of drug-likeness (QED) is 0.634. The maximum atomic E-state index is 12.1. The van der Waals surface area contributed by atoms with E-state index in [1.807, 2.05) is 0 Å². The number of carbonyl (C=O) groups excluding carboxylic acids is 2. The van der Waals surface area contributed by atoms with Crippen LogP contribution in [0.2, 0.25) is 0 Å². The van der Waals surface area contributed by atoms with Crippen molar-refractivity contribution in [1.82, 2.24) is 0 Å². The number of nitrogens with one attached hydrogen (secondary N) is 1. The minimum atomic E-state index is -1.07. The minimum absolute atomic E-state index is 0.0825. The summed E-state index contributed by atoms with van der Waals surface area (Å²) in [6, 6.07) is 11.6. The van der Waals surface area contributed by atoms with E-state index >= 15 is 0 Å². The summed E-state index contributed by atoms with van der Waals surface area (Å²) in [6.45, 7) is 5.29. The van der Waals surface area contributed by atoms with Crippen LogP contribution in [0.15, 0.2) is 48.5 Å². The van der Waals surface area contributed by atoms with Gasteiger partial charge in [0, 0.05) is 5.69 Å². The predicted octanol–water partition coefficient (Wildman–Crippen LogP) is 3.95. The molecule has 0 aliphatic carbocycles. The summed E-state index contributed by atoms with van der Waals surface area (Å²) >= 11 is 0. The van der Waals surface area contributed by atoms with Gasteiger partial charge in [0.05, 0.1) is 11.1 Å². The lowest BCUT2D eigenvalue weighted by Crippen LogP contribution is -2.27. The molecule has 7 nitrogen and oxygen atoms in total. The smallest absolute Gasteiger partial charge is 0.412 e. The molecule has 136 valence electrons. The normalized spacial score (nSPS) is 10.7. The summed E-state index contributed by atoms with van der Waals surface area (Å²) in [7, 11) is 0. The Kier molecular flexibility index (Phi) is 5.61. The average molecular weight is 357 g/mol. The van der Waals surface area contributed by atoms with Gasteiger partial charge in [0.15, 0.2) is 0 Å². The number of hydrogen-bond donors (Lipinski definition) is 2. The molecule has 0 aliphatic rings. The number of hydrogen-bond acceptors (Lipinski definition) is 5. The molecule has 2 aromatic carbocycles. The molecule has 0 radical (unpaired) electrons. The van der Waals surface area contributed by atoms with Gasteiger partial charge >= 0.3 is 18.0 Å². The van der Waals surface area contributed by atoms with Gasteiger partial charge in [-0.2, -0.15) is 0 Å². The van der Waals surface area contributed by atoms with Crippen molar-refractivity contribution in [2.24, 2.45) is 0 Å². The number of esters is 1. The Morgan fingerprint density at radius 1 is 0.885 bits per heavy atom. The summed E-state index contributed by atoms with van der Waals surface area (Å²) < 4.78 is 10.4. The number of rotatable bonds is 4. The van der Waals surface area contributed by atoms with Gasteiger partial charge in [-0.3, -0.25) is 5.32 Å². The van der Waals surface area contributed by atoms with E-state index < -0.39 is 23.6 Å². The number of carbonyl (C=O) groups is 3. The van der Waals surface area contributed by atoms with Crippen molar-refractivity contribution in [3.8, 4) is 5.75 Å². The van der Waals surface area contributed by atoms with E-state index in [1.54, 1.807) is 32.9 Å². The maximum Gasteiger partial charge on any atom is 0.412 e. The number of anilines is 1. The molecule has 0 saturated carbocycles. The predicted molar refractivity (Wildman–Crippen MR) is 94.7 cm³/mol. The standard InChI is InChI=1S/C19H19NO6/c1-19(2,3)26-18(24)20-14-8-10-15(11-9-14)25-17(23)13-6-4-12(5-7-13)16(21)22/h4-11H,1-3H3,(H,20,24)(H,21,22). The van der Waals surface area contributed by atoms with Crippen molar-refractivity contribution in [2.45, 2.75) is 26.4 Å². The van der Waals surface area contributed by atoms with E-state index in [9.17, 15) is 14.4 Å². The molecular formula is C19H19NO6. The van der Waals surface area contributed by atoms with E-state index in [0.717, 1.165) is 0 Å². The van der Waals surface area contributed by atoms with Gasteiger partial charge in [0.2, 0.25) is 0 Å². The highest BCUT2D eigenvalue weighted by Crippen LogP contribution is 2.18. The molecule has 0 spiro atoms. The maximum absolute atomic E-state index is 12.1. The summed E-state index contributed by atoms with van der Waals surface area (Å²) in [4.78, 5) is 34.5. The molecule has 0 bridgehead atoms. The van der Waals surface area contributed by atoms with E-state index in [4.69, 9.17) is 14.6 Å². The molecule has 2 rings (SSSR count). The van der Waals surface area contributed by atoms with Gasteiger partial charge in [-0.25, -0.2) is 14.4 Å². The Morgan fingerprint density at radius 2 is 1.42 bits per heavy atom. The van der Waals surface area contributed by atoms with Crippen LogP contribution in [0.1, 0.15) is 41.5 Å². The van der Waals surface area contributed by atoms with Gasteiger partial charge in [-0.05, 0) is 69.3 Å². The molecule has 1 amide bonds. The first-order valence-electron chi connectivity index (χ1n) is 7.80. The number of carboxylic acids is 1. The van der Waals surface area contributed by atoms with Crippen molar-refractivity contribution < 1.29 is 29.0 Å². The van der Waals surface area contributed by atoms with Crippen molar-refractivity contribution in [1.29, 1.82) is 0 Å². The van der Waals surface area contributed by atoms with Crippen LogP contribution in [0.5, 0.6) is 5.75 Å². The number of carboxylic acid groups (broad SMARTS) is 1. The van der Waals surface area contributed by atoms with Crippen molar-refractivity contribution in [2.75, 3.05) is 5.32 Å². The average Bonchev–Trinajstić information content (AvgIpc) is 2.55. The Morgan fingerprint density at radius 3 is 1.92 bits per heavy atom. The first-order valence-corrected chi connectivity index (χ1v) is 7.80. The fourth-order valence-electron chi connectivity index (χ4n) is 1.94. The second-order valence-corrected chi connectivity index (χ2v) is 6.42. The highest BCUT2D eigenvalue weighted by atomic mass is 16.6. The molecule has 2 N–H and O–H groups in total. The second kappa shape index (κ2) is 7.69. The van der Waals surface area contributed by atoms with Crippen LogP contribution in [0.4, 0.5) is 10.5 Å². The Balaban J connectivity index is 1.97. The van der Waals surface area contributed by atoms with Gasteiger partial charge in [0.1, 0.15) is 11.4 Å². The Hall–Kier alpha value is -3.35. The number of amides is 1. The van der Waals surface area contributed by atoms with E-state index in [0.29, 0.717) is 5.69 Å². The van der Waals surface area contributed by atoms with E-state index in [1.165, 1.54) is 36.4 Å². The van der Waals surface area contributed by atoms with Crippen LogP contribution >= 0.6 is 0 Å². The zero-order valence-electron chi connectivity index (χ0n) is 14.6. The number of ether oxygens (including phenoxy) is 2. The first kappa shape index (κ1) is 19.0. The molecule has 0 fully saturated rings. The monoisotopic (exact) mass is 357 g/mol. The molecule has 26 heavy (non-hydrogen) atoms. The summed E-state index contributed by atoms with van der Waals surface area (Å²) in [5.74, 6) is -1.40. The zero-order chi connectivity index (χ0) is 19.3. The Bertz CT molecular complexity index is 803. The topological polar surface area (TPSA) is 102 Å². The summed E-state index contributed by atoms with van der Waals surface area (Å²) in [5, 5.41) is 11.4. The zero-order valence-corrected chi connectivity index (χ0v) is 14.6. The third kappa shape index (κ3) is 5.62. The van der Waals surface area contributed by atoms with Crippen molar-refractivity contribution in [3.63, 3.8) is 0 Å². The highest BCUT2D eigenvalue weighted by Gasteiger charge is 2.16. The highest BCUT2D eigenvalue weighted by molar-refractivity contribution is 5.93. The van der Waals surface area contributed by atoms with Crippen molar-refractivity contribution >= 4 is 23.7 Å².